The van der Waals surface area contributed by atoms with Crippen molar-refractivity contribution >= 4 is 23.2 Å². The zero-order chi connectivity index (χ0) is 16.4. The average Bonchev–Trinajstić information content (AvgIpc) is 3.31. The van der Waals surface area contributed by atoms with Crippen molar-refractivity contribution in [3.63, 3.8) is 0 Å². The lowest BCUT2D eigenvalue weighted by Crippen LogP contribution is -2.47. The van der Waals surface area contributed by atoms with Crippen LogP contribution in [0.3, 0.4) is 0 Å². The molecule has 1 aliphatic heterocycles. The van der Waals surface area contributed by atoms with Crippen LogP contribution >= 0.6 is 12.2 Å². The lowest BCUT2D eigenvalue weighted by atomic mass is 9.95. The first-order chi connectivity index (χ1) is 11.1. The highest BCUT2D eigenvalue weighted by molar-refractivity contribution is 7.80. The van der Waals surface area contributed by atoms with Crippen molar-refractivity contribution < 1.29 is 9.53 Å². The van der Waals surface area contributed by atoms with Crippen LogP contribution in [0.1, 0.15) is 38.3 Å². The van der Waals surface area contributed by atoms with Crippen molar-refractivity contribution in [3.8, 4) is 5.75 Å². The van der Waals surface area contributed by atoms with Crippen LogP contribution in [-0.4, -0.2) is 23.7 Å². The summed E-state index contributed by atoms with van der Waals surface area (Å²) in [5.41, 5.74) is 2.47. The van der Waals surface area contributed by atoms with E-state index in [0.29, 0.717) is 23.3 Å². The molecule has 0 bridgehead atoms. The number of nitrogens with one attached hydrogen (secondary N) is 3. The molecule has 3 N–H and O–H groups in total. The van der Waals surface area contributed by atoms with Gasteiger partial charge in [-0.05, 0) is 56.6 Å². The number of thiocarbonyl (C=S) groups is 1. The minimum absolute atomic E-state index is 0.0358. The van der Waals surface area contributed by atoms with Gasteiger partial charge in [0.15, 0.2) is 5.11 Å². The van der Waals surface area contributed by atoms with Gasteiger partial charge >= 0.3 is 0 Å². The molecule has 0 aromatic heterocycles. The van der Waals surface area contributed by atoms with Crippen LogP contribution in [0.5, 0.6) is 5.75 Å². The molecule has 1 aromatic rings. The molecule has 5 nitrogen and oxygen atoms in total. The molecule has 1 heterocycles. The molecule has 1 atom stereocenters. The van der Waals surface area contributed by atoms with Crippen LogP contribution in [0, 0.1) is 0 Å². The molecule has 6 heteroatoms. The maximum absolute atomic E-state index is 12.6. The molecule has 3 rings (SSSR count). The van der Waals surface area contributed by atoms with Gasteiger partial charge in [0.05, 0.1) is 18.2 Å². The van der Waals surface area contributed by atoms with E-state index in [4.69, 9.17) is 17.0 Å². The van der Waals surface area contributed by atoms with Crippen molar-refractivity contribution in [2.24, 2.45) is 0 Å². The standard InChI is InChI=1S/C17H21N3O2S/c1-3-22-13-8-4-11(5-9-13)15-14(10(2)18-17(23)20-15)16(21)19-12-6-7-12/h4-5,8-9,12,15H,3,6-7H2,1-2H3,(H,19,21)(H2,18,20,23). The molecule has 1 amide bonds. The van der Waals surface area contributed by atoms with Gasteiger partial charge in [0.25, 0.3) is 5.91 Å². The topological polar surface area (TPSA) is 62.4 Å². The van der Waals surface area contributed by atoms with E-state index in [2.05, 4.69) is 16.0 Å². The maximum Gasteiger partial charge on any atom is 0.251 e. The summed E-state index contributed by atoms with van der Waals surface area (Å²) in [7, 11) is 0. The van der Waals surface area contributed by atoms with Gasteiger partial charge in [-0.1, -0.05) is 12.1 Å². The van der Waals surface area contributed by atoms with Gasteiger partial charge in [-0.25, -0.2) is 0 Å². The van der Waals surface area contributed by atoms with Crippen LogP contribution < -0.4 is 20.7 Å². The van der Waals surface area contributed by atoms with Crippen molar-refractivity contribution in [3.05, 3.63) is 41.1 Å². The molecule has 122 valence electrons. The maximum atomic E-state index is 12.6. The lowest BCUT2D eigenvalue weighted by Gasteiger charge is -2.30. The summed E-state index contributed by atoms with van der Waals surface area (Å²) >= 11 is 5.25. The Morgan fingerprint density at radius 3 is 2.65 bits per heavy atom. The number of carbonyl (C=O) groups excluding carboxylic acids is 1. The Kier molecular flexibility index (Phi) is 4.52. The number of hydrogen-bond acceptors (Lipinski definition) is 3. The minimum atomic E-state index is -0.252. The van der Waals surface area contributed by atoms with Gasteiger partial charge in [0.1, 0.15) is 5.75 Å². The summed E-state index contributed by atoms with van der Waals surface area (Å²) in [6.45, 7) is 4.47. The Bertz CT molecular complexity index is 650. The van der Waals surface area contributed by atoms with E-state index in [1.54, 1.807) is 0 Å². The number of rotatable bonds is 5. The third kappa shape index (κ3) is 3.64. The van der Waals surface area contributed by atoms with Crippen LogP contribution in [0.4, 0.5) is 0 Å². The Morgan fingerprint density at radius 1 is 1.35 bits per heavy atom. The summed E-state index contributed by atoms with van der Waals surface area (Å²) in [5.74, 6) is 0.781. The molecular weight excluding hydrogens is 310 g/mol. The highest BCUT2D eigenvalue weighted by Gasteiger charge is 2.32. The highest BCUT2D eigenvalue weighted by Crippen LogP contribution is 2.29. The largest absolute Gasteiger partial charge is 0.494 e. The summed E-state index contributed by atoms with van der Waals surface area (Å²) in [4.78, 5) is 12.6. The number of carbonyl (C=O) groups is 1. The number of ether oxygens (including phenoxy) is 1. The van der Waals surface area contributed by atoms with Gasteiger partial charge in [0, 0.05) is 11.7 Å². The summed E-state index contributed by atoms with van der Waals surface area (Å²) in [6.07, 6.45) is 2.12. The number of benzene rings is 1. The fourth-order valence-electron chi connectivity index (χ4n) is 2.66. The Hall–Kier alpha value is -2.08. The normalized spacial score (nSPS) is 20.6. The number of allylic oxidation sites excluding steroid dienone is 1. The second kappa shape index (κ2) is 6.58. The van der Waals surface area contributed by atoms with Crippen LogP contribution in [-0.2, 0) is 4.79 Å². The van der Waals surface area contributed by atoms with Crippen molar-refractivity contribution in [2.75, 3.05) is 6.61 Å². The third-order valence-corrected chi connectivity index (χ3v) is 4.17. The fraction of sp³-hybridized carbons (Fsp3) is 0.412. The fourth-order valence-corrected chi connectivity index (χ4v) is 2.93. The van der Waals surface area contributed by atoms with E-state index in [1.807, 2.05) is 38.1 Å². The van der Waals surface area contributed by atoms with Gasteiger partial charge in [-0.3, -0.25) is 4.79 Å². The average molecular weight is 331 g/mol. The van der Waals surface area contributed by atoms with Crippen molar-refractivity contribution in [1.29, 1.82) is 0 Å². The minimum Gasteiger partial charge on any atom is -0.494 e. The molecule has 0 spiro atoms. The molecular formula is C17H21N3O2S. The molecule has 1 fully saturated rings. The SMILES string of the molecule is CCOc1ccc(C2NC(=S)NC(C)=C2C(=O)NC2CC2)cc1. The van der Waals surface area contributed by atoms with Gasteiger partial charge in [-0.2, -0.15) is 0 Å². The molecule has 23 heavy (non-hydrogen) atoms. The molecule has 1 saturated carbocycles. The molecule has 1 unspecified atom stereocenters. The van der Waals surface area contributed by atoms with Crippen molar-refractivity contribution in [1.82, 2.24) is 16.0 Å². The third-order valence-electron chi connectivity index (χ3n) is 3.95. The van der Waals surface area contributed by atoms with E-state index >= 15 is 0 Å². The Morgan fingerprint density at radius 2 is 2.04 bits per heavy atom. The van der Waals surface area contributed by atoms with E-state index in [0.717, 1.165) is 29.9 Å². The monoisotopic (exact) mass is 331 g/mol. The molecule has 1 aromatic carbocycles. The van der Waals surface area contributed by atoms with E-state index in [9.17, 15) is 4.79 Å². The predicted molar refractivity (Wildman–Crippen MR) is 93.1 cm³/mol. The zero-order valence-corrected chi connectivity index (χ0v) is 14.1. The second-order valence-electron chi connectivity index (χ2n) is 5.82. The van der Waals surface area contributed by atoms with Crippen LogP contribution in [0.15, 0.2) is 35.5 Å². The lowest BCUT2D eigenvalue weighted by molar-refractivity contribution is -0.118. The summed E-state index contributed by atoms with van der Waals surface area (Å²) in [5, 5.41) is 9.84. The number of hydrogen-bond donors (Lipinski definition) is 3. The highest BCUT2D eigenvalue weighted by atomic mass is 32.1. The molecule has 2 aliphatic rings. The van der Waals surface area contributed by atoms with Gasteiger partial charge in [0.2, 0.25) is 0 Å². The Balaban J connectivity index is 1.88. The van der Waals surface area contributed by atoms with E-state index in [-0.39, 0.29) is 11.9 Å². The molecule has 0 radical (unpaired) electrons. The Labute approximate surface area is 141 Å². The first-order valence-corrected chi connectivity index (χ1v) is 8.31. The second-order valence-corrected chi connectivity index (χ2v) is 6.23. The summed E-state index contributed by atoms with van der Waals surface area (Å²) in [6, 6.07) is 7.83. The predicted octanol–water partition coefficient (Wildman–Crippen LogP) is 2.16. The van der Waals surface area contributed by atoms with Gasteiger partial charge in [-0.15, -0.1) is 0 Å². The van der Waals surface area contributed by atoms with Crippen molar-refractivity contribution in [2.45, 2.75) is 38.8 Å². The molecule has 0 saturated heterocycles. The van der Waals surface area contributed by atoms with E-state index < -0.39 is 0 Å². The summed E-state index contributed by atoms with van der Waals surface area (Å²) < 4.78 is 5.48. The smallest absolute Gasteiger partial charge is 0.251 e. The number of amides is 1. The quantitative estimate of drug-likeness (QED) is 0.722. The first kappa shape index (κ1) is 15.8. The molecule has 1 aliphatic carbocycles. The van der Waals surface area contributed by atoms with Gasteiger partial charge < -0.3 is 20.7 Å². The first-order valence-electron chi connectivity index (χ1n) is 7.90. The zero-order valence-electron chi connectivity index (χ0n) is 13.3. The van der Waals surface area contributed by atoms with Crippen LogP contribution in [0.2, 0.25) is 0 Å². The van der Waals surface area contributed by atoms with Crippen LogP contribution in [0.25, 0.3) is 0 Å². The van der Waals surface area contributed by atoms with E-state index in [1.165, 1.54) is 0 Å².